The van der Waals surface area contributed by atoms with E-state index in [1.807, 2.05) is 0 Å². The number of nitrogens with one attached hydrogen (secondary N) is 2. The number of nitrogens with zero attached hydrogens (tertiary/aromatic N) is 1. The van der Waals surface area contributed by atoms with Crippen molar-refractivity contribution in [2.45, 2.75) is 32.4 Å². The number of carbonyl (C=O) groups excluding carboxylic acids is 2. The van der Waals surface area contributed by atoms with Crippen LogP contribution < -0.4 is 10.6 Å². The van der Waals surface area contributed by atoms with Gasteiger partial charge >= 0.3 is 6.55 Å². The van der Waals surface area contributed by atoms with E-state index in [2.05, 4.69) is 10.3 Å². The summed E-state index contributed by atoms with van der Waals surface area (Å²) in [7, 11) is 0. The van der Waals surface area contributed by atoms with Crippen LogP contribution in [0, 0.1) is 12.7 Å². The van der Waals surface area contributed by atoms with E-state index in [-0.39, 0.29) is 23.1 Å². The molecule has 0 saturated heterocycles. The standard InChI is InChI=1S/C18H16F3N3O2/c1-9-13(6-11(7-14(9)19)17(26)23-12-3-4-12)15-5-2-10(8-22-15)16(25)24-18(20)21/h2,5-8,12,18H,3-4H2,1H3,(H,23,26)(H,24,25). The summed E-state index contributed by atoms with van der Waals surface area (Å²) in [5, 5.41) is 4.25. The molecule has 5 nitrogen and oxygen atoms in total. The Bertz CT molecular complexity index is 850. The molecule has 0 atom stereocenters. The molecular formula is C18H16F3N3O2. The van der Waals surface area contributed by atoms with Crippen LogP contribution in [-0.4, -0.2) is 29.4 Å². The predicted octanol–water partition coefficient (Wildman–Crippen LogP) is 3.04. The van der Waals surface area contributed by atoms with E-state index in [1.54, 1.807) is 6.92 Å². The summed E-state index contributed by atoms with van der Waals surface area (Å²) in [6.07, 6.45) is 2.95. The predicted molar refractivity (Wildman–Crippen MR) is 88.3 cm³/mol. The van der Waals surface area contributed by atoms with Gasteiger partial charge in [-0.15, -0.1) is 0 Å². The molecule has 0 bridgehead atoms. The summed E-state index contributed by atoms with van der Waals surface area (Å²) >= 11 is 0. The monoisotopic (exact) mass is 363 g/mol. The Labute approximate surface area is 147 Å². The molecule has 1 aliphatic rings. The van der Waals surface area contributed by atoms with Crippen molar-refractivity contribution < 1.29 is 22.8 Å². The largest absolute Gasteiger partial charge is 0.349 e. The Balaban J connectivity index is 1.88. The molecule has 3 rings (SSSR count). The SMILES string of the molecule is Cc1c(F)cc(C(=O)NC2CC2)cc1-c1ccc(C(=O)NC(F)F)cn1. The van der Waals surface area contributed by atoms with Crippen LogP contribution >= 0.6 is 0 Å². The van der Waals surface area contributed by atoms with Crippen molar-refractivity contribution in [2.24, 2.45) is 0 Å². The van der Waals surface area contributed by atoms with Gasteiger partial charge in [-0.05, 0) is 49.6 Å². The first-order chi connectivity index (χ1) is 12.3. The third kappa shape index (κ3) is 4.01. The van der Waals surface area contributed by atoms with Gasteiger partial charge in [0, 0.05) is 23.4 Å². The van der Waals surface area contributed by atoms with Crippen molar-refractivity contribution in [1.29, 1.82) is 0 Å². The van der Waals surface area contributed by atoms with Crippen LogP contribution in [-0.2, 0) is 0 Å². The second kappa shape index (κ2) is 7.15. The van der Waals surface area contributed by atoms with Gasteiger partial charge in [-0.2, -0.15) is 8.78 Å². The number of halogens is 3. The Morgan fingerprint density at radius 1 is 1.15 bits per heavy atom. The smallest absolute Gasteiger partial charge is 0.315 e. The summed E-state index contributed by atoms with van der Waals surface area (Å²) in [5.74, 6) is -1.87. The highest BCUT2D eigenvalue weighted by molar-refractivity contribution is 5.96. The third-order valence-corrected chi connectivity index (χ3v) is 4.06. The summed E-state index contributed by atoms with van der Waals surface area (Å²) in [4.78, 5) is 27.7. The third-order valence-electron chi connectivity index (χ3n) is 4.06. The van der Waals surface area contributed by atoms with Crippen LogP contribution in [0.4, 0.5) is 13.2 Å². The molecule has 1 aliphatic carbocycles. The molecule has 1 heterocycles. The van der Waals surface area contributed by atoms with Gasteiger partial charge in [0.15, 0.2) is 0 Å². The average molecular weight is 363 g/mol. The molecule has 0 unspecified atom stereocenters. The summed E-state index contributed by atoms with van der Waals surface area (Å²) < 4.78 is 38.6. The number of amides is 2. The van der Waals surface area contributed by atoms with Crippen molar-refractivity contribution in [3.63, 3.8) is 0 Å². The second-order valence-corrected chi connectivity index (χ2v) is 6.08. The minimum atomic E-state index is -2.97. The maximum Gasteiger partial charge on any atom is 0.315 e. The van der Waals surface area contributed by atoms with Gasteiger partial charge < -0.3 is 5.32 Å². The number of benzene rings is 1. The molecule has 1 aromatic carbocycles. The number of hydrogen-bond acceptors (Lipinski definition) is 3. The number of pyridine rings is 1. The summed E-state index contributed by atoms with van der Waals surface area (Å²) in [6, 6.07) is 5.57. The molecule has 136 valence electrons. The van der Waals surface area contributed by atoms with Crippen LogP contribution in [0.1, 0.15) is 39.1 Å². The number of aromatic nitrogens is 1. The number of hydrogen-bond donors (Lipinski definition) is 2. The van der Waals surface area contributed by atoms with Gasteiger partial charge in [0.25, 0.3) is 11.8 Å². The van der Waals surface area contributed by atoms with Crippen molar-refractivity contribution in [2.75, 3.05) is 0 Å². The van der Waals surface area contributed by atoms with Gasteiger partial charge in [-0.1, -0.05) is 0 Å². The van der Waals surface area contributed by atoms with Crippen molar-refractivity contribution in [1.82, 2.24) is 15.6 Å². The average Bonchev–Trinajstić information content (AvgIpc) is 3.40. The van der Waals surface area contributed by atoms with E-state index in [1.165, 1.54) is 29.6 Å². The molecule has 2 aromatic rings. The van der Waals surface area contributed by atoms with Crippen LogP contribution in [0.15, 0.2) is 30.5 Å². The lowest BCUT2D eigenvalue weighted by atomic mass is 10.00. The molecule has 8 heteroatoms. The summed E-state index contributed by atoms with van der Waals surface area (Å²) in [5.41, 5.74) is 1.15. The normalized spacial score (nSPS) is 13.6. The maximum absolute atomic E-state index is 14.2. The fourth-order valence-corrected chi connectivity index (χ4v) is 2.44. The number of alkyl halides is 2. The zero-order chi connectivity index (χ0) is 18.8. The van der Waals surface area contributed by atoms with E-state index in [4.69, 9.17) is 0 Å². The lowest BCUT2D eigenvalue weighted by Gasteiger charge is -2.11. The van der Waals surface area contributed by atoms with E-state index in [0.717, 1.165) is 19.0 Å². The van der Waals surface area contributed by atoms with Crippen LogP contribution in [0.3, 0.4) is 0 Å². The van der Waals surface area contributed by atoms with Crippen LogP contribution in [0.25, 0.3) is 11.3 Å². The molecule has 1 aromatic heterocycles. The highest BCUT2D eigenvalue weighted by Gasteiger charge is 2.24. The van der Waals surface area contributed by atoms with Crippen LogP contribution in [0.5, 0.6) is 0 Å². The Morgan fingerprint density at radius 2 is 1.88 bits per heavy atom. The zero-order valence-corrected chi connectivity index (χ0v) is 13.9. The van der Waals surface area contributed by atoms with Gasteiger partial charge in [0.2, 0.25) is 0 Å². The quantitative estimate of drug-likeness (QED) is 0.802. The summed E-state index contributed by atoms with van der Waals surface area (Å²) in [6.45, 7) is -1.42. The molecule has 1 saturated carbocycles. The highest BCUT2D eigenvalue weighted by Crippen LogP contribution is 2.26. The Kier molecular flexibility index (Phi) is 4.92. The van der Waals surface area contributed by atoms with Crippen molar-refractivity contribution in [3.05, 3.63) is 53.0 Å². The van der Waals surface area contributed by atoms with Crippen LogP contribution in [0.2, 0.25) is 0 Å². The van der Waals surface area contributed by atoms with E-state index in [0.29, 0.717) is 16.8 Å². The number of rotatable bonds is 5. The number of carbonyl (C=O) groups is 2. The first-order valence-corrected chi connectivity index (χ1v) is 8.01. The molecule has 0 radical (unpaired) electrons. The van der Waals surface area contributed by atoms with E-state index < -0.39 is 18.3 Å². The fraction of sp³-hybridized carbons (Fsp3) is 0.278. The lowest BCUT2D eigenvalue weighted by molar-refractivity contribution is 0.0698. The molecular weight excluding hydrogens is 347 g/mol. The van der Waals surface area contributed by atoms with Gasteiger partial charge in [0.05, 0.1) is 11.3 Å². The van der Waals surface area contributed by atoms with Gasteiger partial charge in [0.1, 0.15) is 5.82 Å². The molecule has 1 fully saturated rings. The molecule has 2 amide bonds. The van der Waals surface area contributed by atoms with E-state index >= 15 is 0 Å². The van der Waals surface area contributed by atoms with Crippen molar-refractivity contribution in [3.8, 4) is 11.3 Å². The maximum atomic E-state index is 14.2. The van der Waals surface area contributed by atoms with Gasteiger partial charge in [-0.25, -0.2) is 4.39 Å². The fourth-order valence-electron chi connectivity index (χ4n) is 2.44. The minimum Gasteiger partial charge on any atom is -0.349 e. The first-order valence-electron chi connectivity index (χ1n) is 8.01. The molecule has 0 spiro atoms. The second-order valence-electron chi connectivity index (χ2n) is 6.08. The van der Waals surface area contributed by atoms with Gasteiger partial charge in [-0.3, -0.25) is 19.9 Å². The lowest BCUT2D eigenvalue weighted by Crippen LogP contribution is -2.28. The topological polar surface area (TPSA) is 71.1 Å². The molecule has 26 heavy (non-hydrogen) atoms. The Morgan fingerprint density at radius 3 is 2.46 bits per heavy atom. The highest BCUT2D eigenvalue weighted by atomic mass is 19.3. The first kappa shape index (κ1) is 17.9. The minimum absolute atomic E-state index is 0.0465. The Hall–Kier alpha value is -2.90. The molecule has 2 N–H and O–H groups in total. The zero-order valence-electron chi connectivity index (χ0n) is 13.9. The molecule has 0 aliphatic heterocycles. The van der Waals surface area contributed by atoms with E-state index in [9.17, 15) is 22.8 Å². The van der Waals surface area contributed by atoms with Crippen molar-refractivity contribution >= 4 is 11.8 Å².